The van der Waals surface area contributed by atoms with E-state index in [4.69, 9.17) is 0 Å². The highest BCUT2D eigenvalue weighted by Crippen LogP contribution is 2.39. The molecule has 0 aromatic carbocycles. The number of hydrogen-bond donors (Lipinski definition) is 0. The highest BCUT2D eigenvalue weighted by molar-refractivity contribution is 7.99. The third-order valence-corrected chi connectivity index (χ3v) is 5.66. The van der Waals surface area contributed by atoms with Gasteiger partial charge in [0.1, 0.15) is 16.7 Å². The zero-order valence-electron chi connectivity index (χ0n) is 13.1. The van der Waals surface area contributed by atoms with Gasteiger partial charge >= 0.3 is 0 Å². The van der Waals surface area contributed by atoms with Crippen molar-refractivity contribution in [3.63, 3.8) is 0 Å². The summed E-state index contributed by atoms with van der Waals surface area (Å²) in [5.74, 6) is 2.51. The summed E-state index contributed by atoms with van der Waals surface area (Å²) in [4.78, 5) is 10.5. The summed E-state index contributed by atoms with van der Waals surface area (Å²) in [6.07, 6.45) is 3.24. The van der Waals surface area contributed by atoms with Gasteiger partial charge in [-0.2, -0.15) is 0 Å². The van der Waals surface area contributed by atoms with Gasteiger partial charge in [-0.3, -0.25) is 0 Å². The lowest BCUT2D eigenvalue weighted by molar-refractivity contribution is 0.748. The summed E-state index contributed by atoms with van der Waals surface area (Å²) < 4.78 is 2.05. The maximum absolute atomic E-state index is 4.69. The quantitative estimate of drug-likeness (QED) is 0.663. The van der Waals surface area contributed by atoms with Crippen molar-refractivity contribution in [2.24, 2.45) is 7.05 Å². The molecule has 0 saturated heterocycles. The van der Waals surface area contributed by atoms with Crippen LogP contribution in [0.1, 0.15) is 41.0 Å². The van der Waals surface area contributed by atoms with E-state index in [1.807, 2.05) is 20.0 Å². The monoisotopic (exact) mass is 343 g/mol. The summed E-state index contributed by atoms with van der Waals surface area (Å²) in [5, 5.41) is 12.6. The van der Waals surface area contributed by atoms with E-state index in [1.54, 1.807) is 23.1 Å². The Kier molecular flexibility index (Phi) is 3.90. The molecule has 0 unspecified atom stereocenters. The van der Waals surface area contributed by atoms with Crippen LogP contribution >= 0.6 is 23.1 Å². The van der Waals surface area contributed by atoms with E-state index in [-0.39, 0.29) is 0 Å². The minimum absolute atomic E-state index is 0.558. The number of aryl methyl sites for hydroxylation is 1. The Balaban J connectivity index is 1.56. The molecule has 1 aliphatic carbocycles. The Morgan fingerprint density at radius 1 is 1.30 bits per heavy atom. The molecule has 1 aliphatic rings. The van der Waals surface area contributed by atoms with Gasteiger partial charge in [0, 0.05) is 30.0 Å². The van der Waals surface area contributed by atoms with Crippen molar-refractivity contribution >= 4 is 23.1 Å². The molecule has 118 valence electrons. The van der Waals surface area contributed by atoms with Crippen molar-refractivity contribution in [2.45, 2.75) is 42.3 Å². The van der Waals surface area contributed by atoms with Gasteiger partial charge in [0.25, 0.3) is 0 Å². The molecular weight excluding hydrogens is 326 g/mol. The Hall–Kier alpha value is -1.73. The number of hydrogen-bond acceptors (Lipinski definition) is 6. The molecule has 0 amide bonds. The second-order valence-corrected chi connectivity index (χ2v) is 7.82. The Labute approximate surface area is 143 Å². The van der Waals surface area contributed by atoms with Crippen LogP contribution in [0.4, 0.5) is 0 Å². The van der Waals surface area contributed by atoms with Crippen molar-refractivity contribution in [1.82, 2.24) is 24.7 Å². The molecule has 5 nitrogen and oxygen atoms in total. The fourth-order valence-electron chi connectivity index (χ4n) is 2.39. The fourth-order valence-corrected chi connectivity index (χ4v) is 3.97. The van der Waals surface area contributed by atoms with E-state index in [2.05, 4.69) is 42.2 Å². The minimum atomic E-state index is 0.558. The summed E-state index contributed by atoms with van der Waals surface area (Å²) in [6.45, 7) is 2.02. The van der Waals surface area contributed by atoms with Crippen LogP contribution in [0.25, 0.3) is 0 Å². The average Bonchev–Trinajstić information content (AvgIpc) is 3.17. The molecule has 0 aliphatic heterocycles. The molecule has 0 spiro atoms. The molecule has 0 N–H and O–H groups in total. The van der Waals surface area contributed by atoms with Crippen molar-refractivity contribution in [2.75, 3.05) is 0 Å². The normalized spacial score (nSPS) is 14.3. The molecule has 0 bridgehead atoms. The Morgan fingerprint density at radius 3 is 2.91 bits per heavy atom. The van der Waals surface area contributed by atoms with Crippen molar-refractivity contribution in [3.8, 4) is 0 Å². The zero-order valence-corrected chi connectivity index (χ0v) is 14.7. The van der Waals surface area contributed by atoms with E-state index < -0.39 is 0 Å². The zero-order chi connectivity index (χ0) is 15.8. The summed E-state index contributed by atoms with van der Waals surface area (Å²) in [6, 6.07) is 6.21. The number of aromatic nitrogens is 5. The van der Waals surface area contributed by atoms with Gasteiger partial charge in [0.05, 0.1) is 0 Å². The maximum atomic E-state index is 4.69. The lowest BCUT2D eigenvalue weighted by Gasteiger charge is -2.05. The molecule has 1 fully saturated rings. The van der Waals surface area contributed by atoms with Crippen LogP contribution in [-0.2, 0) is 13.5 Å². The molecule has 3 aromatic heterocycles. The molecule has 0 atom stereocenters. The van der Waals surface area contributed by atoms with Gasteiger partial charge in [-0.25, -0.2) is 9.97 Å². The number of thiophene rings is 1. The number of rotatable bonds is 5. The van der Waals surface area contributed by atoms with Crippen molar-refractivity contribution in [3.05, 3.63) is 45.8 Å². The molecule has 7 heteroatoms. The van der Waals surface area contributed by atoms with E-state index in [0.717, 1.165) is 33.9 Å². The largest absolute Gasteiger partial charge is 0.309 e. The van der Waals surface area contributed by atoms with Crippen molar-refractivity contribution < 1.29 is 0 Å². The summed E-state index contributed by atoms with van der Waals surface area (Å²) in [7, 11) is 2.02. The third kappa shape index (κ3) is 3.30. The first-order valence-corrected chi connectivity index (χ1v) is 9.33. The first-order valence-electron chi connectivity index (χ1n) is 7.63. The predicted molar refractivity (Wildman–Crippen MR) is 91.0 cm³/mol. The minimum Gasteiger partial charge on any atom is -0.309 e. The molecule has 4 rings (SSSR count). The summed E-state index contributed by atoms with van der Waals surface area (Å²) >= 11 is 3.31. The van der Waals surface area contributed by atoms with Gasteiger partial charge < -0.3 is 4.57 Å². The van der Waals surface area contributed by atoms with E-state index in [1.165, 1.54) is 17.7 Å². The first kappa shape index (κ1) is 14.8. The highest BCUT2D eigenvalue weighted by atomic mass is 32.2. The van der Waals surface area contributed by atoms with Gasteiger partial charge in [0.2, 0.25) is 0 Å². The lowest BCUT2D eigenvalue weighted by atomic mass is 10.3. The summed E-state index contributed by atoms with van der Waals surface area (Å²) in [5.41, 5.74) is 1.02. The van der Waals surface area contributed by atoms with Gasteiger partial charge in [-0.05, 0) is 49.0 Å². The van der Waals surface area contributed by atoms with Crippen LogP contribution in [-0.4, -0.2) is 24.7 Å². The second-order valence-electron chi connectivity index (χ2n) is 5.80. The van der Waals surface area contributed by atoms with Crippen LogP contribution in [0.2, 0.25) is 0 Å². The molecule has 3 aromatic rings. The van der Waals surface area contributed by atoms with E-state index in [9.17, 15) is 0 Å². The fraction of sp³-hybridized carbons (Fsp3) is 0.375. The SMILES string of the molecule is Cc1cc(Sc2nnc(Cc3cccs3)n2C)nc(C2CC2)n1. The second kappa shape index (κ2) is 6.05. The third-order valence-electron chi connectivity index (χ3n) is 3.82. The first-order chi connectivity index (χ1) is 11.2. The molecule has 1 saturated carbocycles. The Morgan fingerprint density at radius 2 is 2.17 bits per heavy atom. The van der Waals surface area contributed by atoms with Gasteiger partial charge in [-0.15, -0.1) is 21.5 Å². The van der Waals surface area contributed by atoms with Crippen LogP contribution in [0.3, 0.4) is 0 Å². The van der Waals surface area contributed by atoms with Gasteiger partial charge in [0.15, 0.2) is 5.16 Å². The highest BCUT2D eigenvalue weighted by Gasteiger charge is 2.27. The number of nitrogens with zero attached hydrogens (tertiary/aromatic N) is 5. The molecular formula is C16H17N5S2. The van der Waals surface area contributed by atoms with E-state index >= 15 is 0 Å². The van der Waals surface area contributed by atoms with Crippen LogP contribution < -0.4 is 0 Å². The lowest BCUT2D eigenvalue weighted by Crippen LogP contribution is -2.00. The van der Waals surface area contributed by atoms with Crippen LogP contribution in [0.5, 0.6) is 0 Å². The maximum Gasteiger partial charge on any atom is 0.197 e. The topological polar surface area (TPSA) is 56.5 Å². The smallest absolute Gasteiger partial charge is 0.197 e. The average molecular weight is 343 g/mol. The molecule has 3 heterocycles. The van der Waals surface area contributed by atoms with E-state index in [0.29, 0.717) is 5.92 Å². The standard InChI is InChI=1S/C16H17N5S2/c1-10-8-14(18-15(17-10)11-5-6-11)23-16-20-19-13(21(16)2)9-12-4-3-7-22-12/h3-4,7-8,11H,5-6,9H2,1-2H3. The van der Waals surface area contributed by atoms with Crippen molar-refractivity contribution in [1.29, 1.82) is 0 Å². The predicted octanol–water partition coefficient (Wildman–Crippen LogP) is 3.59. The molecule has 0 radical (unpaired) electrons. The molecule has 23 heavy (non-hydrogen) atoms. The van der Waals surface area contributed by atoms with Gasteiger partial charge in [-0.1, -0.05) is 6.07 Å². The van der Waals surface area contributed by atoms with Crippen LogP contribution in [0.15, 0.2) is 33.8 Å². The van der Waals surface area contributed by atoms with Crippen LogP contribution in [0, 0.1) is 6.92 Å². The Bertz CT molecular complexity index is 821.